The summed E-state index contributed by atoms with van der Waals surface area (Å²) < 4.78 is 5.94. The van der Waals surface area contributed by atoms with Gasteiger partial charge in [0, 0.05) is 5.56 Å². The number of rotatable bonds is 0. The standard InChI is InChI=1S/C12H11O/c1-2-5-11-10(4-1)6-9-12(13-11)7-3-8-12/h1-2,4-5,9H,3,7-8H2. The van der Waals surface area contributed by atoms with Crippen LogP contribution in [0.2, 0.25) is 0 Å². The summed E-state index contributed by atoms with van der Waals surface area (Å²) in [6.07, 6.45) is 8.97. The molecule has 1 nitrogen and oxygen atoms in total. The third kappa shape index (κ3) is 0.998. The first-order valence-corrected chi connectivity index (χ1v) is 4.77. The van der Waals surface area contributed by atoms with Gasteiger partial charge in [0.05, 0.1) is 0 Å². The lowest BCUT2D eigenvalue weighted by molar-refractivity contribution is 0.0359. The molecular formula is C12H11O. The molecule has 65 valence electrons. The Bertz CT molecular complexity index is 361. The van der Waals surface area contributed by atoms with Crippen LogP contribution in [0.5, 0.6) is 5.75 Å². The molecule has 0 saturated heterocycles. The normalized spacial score (nSPS) is 21.8. The molecule has 0 aromatic heterocycles. The van der Waals surface area contributed by atoms with Crippen LogP contribution in [0.25, 0.3) is 0 Å². The van der Waals surface area contributed by atoms with E-state index < -0.39 is 0 Å². The number of hydrogen-bond donors (Lipinski definition) is 0. The summed E-state index contributed by atoms with van der Waals surface area (Å²) in [7, 11) is 0. The number of hydrogen-bond acceptors (Lipinski definition) is 1. The molecule has 1 aromatic rings. The fourth-order valence-electron chi connectivity index (χ4n) is 1.90. The van der Waals surface area contributed by atoms with Crippen molar-refractivity contribution in [3.05, 3.63) is 42.0 Å². The number of para-hydroxylation sites is 1. The molecule has 1 heteroatoms. The van der Waals surface area contributed by atoms with Crippen LogP contribution in [0, 0.1) is 6.08 Å². The summed E-state index contributed by atoms with van der Waals surface area (Å²) in [6.45, 7) is 0. The second-order valence-electron chi connectivity index (χ2n) is 3.81. The molecule has 1 radical (unpaired) electrons. The average Bonchev–Trinajstić information content (AvgIpc) is 2.15. The first-order valence-electron chi connectivity index (χ1n) is 4.77. The van der Waals surface area contributed by atoms with Crippen LogP contribution in [0.3, 0.4) is 0 Å². The first kappa shape index (κ1) is 7.19. The van der Waals surface area contributed by atoms with Gasteiger partial charge in [-0.3, -0.25) is 0 Å². The van der Waals surface area contributed by atoms with Crippen LogP contribution >= 0.6 is 0 Å². The Morgan fingerprint density at radius 3 is 2.85 bits per heavy atom. The van der Waals surface area contributed by atoms with Gasteiger partial charge in [0.15, 0.2) is 0 Å². The van der Waals surface area contributed by atoms with Gasteiger partial charge in [-0.25, -0.2) is 0 Å². The Morgan fingerprint density at radius 2 is 2.08 bits per heavy atom. The van der Waals surface area contributed by atoms with Gasteiger partial charge in [-0.15, -0.1) is 0 Å². The van der Waals surface area contributed by atoms with Gasteiger partial charge in [-0.1, -0.05) is 18.2 Å². The zero-order valence-electron chi connectivity index (χ0n) is 7.42. The molecule has 2 aliphatic rings. The summed E-state index contributed by atoms with van der Waals surface area (Å²) in [5, 5.41) is 0. The largest absolute Gasteiger partial charge is 0.483 e. The van der Waals surface area contributed by atoms with Crippen LogP contribution in [-0.2, 0) is 0 Å². The summed E-state index contributed by atoms with van der Waals surface area (Å²) in [4.78, 5) is 0. The number of benzene rings is 1. The zero-order valence-corrected chi connectivity index (χ0v) is 7.42. The maximum Gasteiger partial charge on any atom is 0.128 e. The molecule has 13 heavy (non-hydrogen) atoms. The summed E-state index contributed by atoms with van der Waals surface area (Å²) >= 11 is 0. The highest BCUT2D eigenvalue weighted by atomic mass is 16.5. The van der Waals surface area contributed by atoms with Crippen molar-refractivity contribution in [1.82, 2.24) is 0 Å². The maximum atomic E-state index is 5.94. The lowest BCUT2D eigenvalue weighted by Crippen LogP contribution is -2.42. The van der Waals surface area contributed by atoms with E-state index in [-0.39, 0.29) is 5.60 Å². The second kappa shape index (κ2) is 2.38. The highest BCUT2D eigenvalue weighted by Crippen LogP contribution is 2.41. The first-order chi connectivity index (χ1) is 6.38. The van der Waals surface area contributed by atoms with E-state index in [1.807, 2.05) is 24.3 Å². The van der Waals surface area contributed by atoms with Gasteiger partial charge in [0.2, 0.25) is 0 Å². The van der Waals surface area contributed by atoms with Crippen LogP contribution in [-0.4, -0.2) is 5.60 Å². The van der Waals surface area contributed by atoms with Gasteiger partial charge in [-0.2, -0.15) is 0 Å². The van der Waals surface area contributed by atoms with Crippen molar-refractivity contribution in [3.8, 4) is 5.75 Å². The van der Waals surface area contributed by atoms with E-state index in [2.05, 4.69) is 12.2 Å². The van der Waals surface area contributed by atoms with E-state index in [1.165, 1.54) is 6.42 Å². The Labute approximate surface area is 78.0 Å². The van der Waals surface area contributed by atoms with Crippen LogP contribution < -0.4 is 4.74 Å². The van der Waals surface area contributed by atoms with Crippen molar-refractivity contribution in [1.29, 1.82) is 0 Å². The molecule has 0 bridgehead atoms. The molecule has 0 unspecified atom stereocenters. The van der Waals surface area contributed by atoms with E-state index in [0.717, 1.165) is 24.2 Å². The molecule has 0 amide bonds. The number of ether oxygens (including phenoxy) is 1. The quantitative estimate of drug-likeness (QED) is 0.583. The minimum absolute atomic E-state index is 0.00829. The molecule has 1 aliphatic heterocycles. The Morgan fingerprint density at radius 1 is 1.23 bits per heavy atom. The highest BCUT2D eigenvalue weighted by Gasteiger charge is 2.38. The fraction of sp³-hybridized carbons (Fsp3) is 0.333. The van der Waals surface area contributed by atoms with Crippen molar-refractivity contribution in [2.45, 2.75) is 24.9 Å². The van der Waals surface area contributed by atoms with E-state index in [1.54, 1.807) is 0 Å². The van der Waals surface area contributed by atoms with E-state index in [9.17, 15) is 0 Å². The average molecular weight is 171 g/mol. The van der Waals surface area contributed by atoms with E-state index in [0.29, 0.717) is 0 Å². The summed E-state index contributed by atoms with van der Waals surface area (Å²) in [5.41, 5.74) is 1.09. The summed E-state index contributed by atoms with van der Waals surface area (Å²) in [6, 6.07) is 8.09. The molecule has 1 fully saturated rings. The van der Waals surface area contributed by atoms with E-state index in [4.69, 9.17) is 4.74 Å². The Kier molecular flexibility index (Phi) is 1.32. The molecule has 1 heterocycles. The molecule has 0 atom stereocenters. The predicted octanol–water partition coefficient (Wildman–Crippen LogP) is 2.71. The summed E-state index contributed by atoms with van der Waals surface area (Å²) in [5.74, 6) is 0.990. The molecule has 3 rings (SSSR count). The van der Waals surface area contributed by atoms with Crippen molar-refractivity contribution < 1.29 is 4.74 Å². The smallest absolute Gasteiger partial charge is 0.128 e. The maximum absolute atomic E-state index is 5.94. The third-order valence-corrected chi connectivity index (χ3v) is 2.89. The van der Waals surface area contributed by atoms with Crippen LogP contribution in [0.15, 0.2) is 30.3 Å². The fourth-order valence-corrected chi connectivity index (χ4v) is 1.90. The van der Waals surface area contributed by atoms with Gasteiger partial charge >= 0.3 is 0 Å². The van der Waals surface area contributed by atoms with Crippen molar-refractivity contribution >= 4 is 0 Å². The Hall–Kier alpha value is -1.24. The van der Waals surface area contributed by atoms with Crippen molar-refractivity contribution in [2.75, 3.05) is 0 Å². The van der Waals surface area contributed by atoms with Crippen LogP contribution in [0.1, 0.15) is 24.8 Å². The molecule has 1 spiro atoms. The molecule has 1 saturated carbocycles. The van der Waals surface area contributed by atoms with Gasteiger partial charge in [-0.05, 0) is 37.5 Å². The van der Waals surface area contributed by atoms with Gasteiger partial charge in [0.25, 0.3) is 0 Å². The second-order valence-corrected chi connectivity index (χ2v) is 3.81. The zero-order chi connectivity index (χ0) is 8.73. The highest BCUT2D eigenvalue weighted by molar-refractivity contribution is 5.42. The van der Waals surface area contributed by atoms with Crippen molar-refractivity contribution in [2.24, 2.45) is 0 Å². The van der Waals surface area contributed by atoms with Gasteiger partial charge in [0.1, 0.15) is 11.4 Å². The number of fused-ring (bicyclic) bond motifs is 1. The lowest BCUT2D eigenvalue weighted by Gasteiger charge is -2.41. The molecule has 1 aliphatic carbocycles. The third-order valence-electron chi connectivity index (χ3n) is 2.89. The topological polar surface area (TPSA) is 9.23 Å². The molecule has 1 aromatic carbocycles. The molecular weight excluding hydrogens is 160 g/mol. The van der Waals surface area contributed by atoms with Crippen molar-refractivity contribution in [3.63, 3.8) is 0 Å². The molecule has 0 N–H and O–H groups in total. The monoisotopic (exact) mass is 171 g/mol. The van der Waals surface area contributed by atoms with Gasteiger partial charge < -0.3 is 4.74 Å². The lowest BCUT2D eigenvalue weighted by atomic mass is 9.78. The minimum atomic E-state index is 0.00829. The minimum Gasteiger partial charge on any atom is -0.483 e. The SMILES string of the molecule is [C]1=CC2(CCC2)Oc2ccccc21. The van der Waals surface area contributed by atoms with Crippen LogP contribution in [0.4, 0.5) is 0 Å². The Balaban J connectivity index is 2.03. The van der Waals surface area contributed by atoms with E-state index >= 15 is 0 Å². The predicted molar refractivity (Wildman–Crippen MR) is 50.6 cm³/mol.